The molecular weight excluding hydrogens is 239 g/mol. The molecule has 0 aliphatic heterocycles. The second-order valence-corrected chi connectivity index (χ2v) is 4.54. The van der Waals surface area contributed by atoms with Crippen LogP contribution in [0.2, 0.25) is 0 Å². The van der Waals surface area contributed by atoms with E-state index in [1.807, 2.05) is 13.8 Å². The van der Waals surface area contributed by atoms with Gasteiger partial charge in [0, 0.05) is 13.2 Å². The van der Waals surface area contributed by atoms with Crippen LogP contribution in [0.5, 0.6) is 0 Å². The number of aliphatic hydroxyl groups is 1. The van der Waals surface area contributed by atoms with Gasteiger partial charge in [-0.2, -0.15) is 13.2 Å². The van der Waals surface area contributed by atoms with Crippen LogP contribution in [-0.4, -0.2) is 37.1 Å². The van der Waals surface area contributed by atoms with Gasteiger partial charge < -0.3 is 15.2 Å². The highest BCUT2D eigenvalue weighted by Crippen LogP contribution is 2.20. The van der Waals surface area contributed by atoms with E-state index in [4.69, 9.17) is 5.11 Å². The van der Waals surface area contributed by atoms with Gasteiger partial charge in [-0.25, -0.2) is 4.79 Å². The summed E-state index contributed by atoms with van der Waals surface area (Å²) in [6, 6.07) is 0. The summed E-state index contributed by atoms with van der Waals surface area (Å²) in [5.74, 6) is 0. The summed E-state index contributed by atoms with van der Waals surface area (Å²) in [6.07, 6.45) is -4.36. The van der Waals surface area contributed by atoms with Gasteiger partial charge in [0.1, 0.15) is 0 Å². The number of carbonyl (C=O) groups excluding carboxylic acids is 1. The van der Waals surface area contributed by atoms with Gasteiger partial charge in [-0.05, 0) is 18.3 Å². The van der Waals surface area contributed by atoms with Gasteiger partial charge in [0.05, 0.1) is 0 Å². The van der Waals surface area contributed by atoms with Gasteiger partial charge in [-0.15, -0.1) is 0 Å². The number of carbonyl (C=O) groups is 1. The number of halogens is 3. The zero-order valence-corrected chi connectivity index (χ0v) is 9.93. The van der Waals surface area contributed by atoms with Crippen LogP contribution in [0.3, 0.4) is 0 Å². The van der Waals surface area contributed by atoms with E-state index in [0.717, 1.165) is 0 Å². The van der Waals surface area contributed by atoms with Crippen LogP contribution < -0.4 is 5.32 Å². The summed E-state index contributed by atoms with van der Waals surface area (Å²) in [7, 11) is 0. The van der Waals surface area contributed by atoms with Crippen molar-refractivity contribution in [1.82, 2.24) is 5.32 Å². The number of ether oxygens (including phenoxy) is 1. The Morgan fingerprint density at radius 3 is 2.41 bits per heavy atom. The number of aliphatic hydroxyl groups excluding tert-OH is 1. The standard InChI is InChI=1S/C10H18F3NO3/c1-9(2,4-3-5-15)6-14-8(16)17-7-10(11,12)13/h15H,3-7H2,1-2H3,(H,14,16). The third kappa shape index (κ3) is 9.92. The molecule has 1 amide bonds. The number of rotatable bonds is 6. The Balaban J connectivity index is 3.83. The second-order valence-electron chi connectivity index (χ2n) is 4.54. The lowest BCUT2D eigenvalue weighted by atomic mass is 9.88. The fourth-order valence-corrected chi connectivity index (χ4v) is 1.16. The topological polar surface area (TPSA) is 58.6 Å². The Labute approximate surface area is 98.1 Å². The fraction of sp³-hybridized carbons (Fsp3) is 0.900. The highest BCUT2D eigenvalue weighted by molar-refractivity contribution is 5.67. The van der Waals surface area contributed by atoms with Crippen molar-refractivity contribution < 1.29 is 27.8 Å². The molecule has 0 aliphatic rings. The first-order chi connectivity index (χ1) is 7.66. The number of alkyl carbamates (subject to hydrolysis) is 1. The van der Waals surface area contributed by atoms with Crippen molar-refractivity contribution in [2.45, 2.75) is 32.9 Å². The largest absolute Gasteiger partial charge is 0.440 e. The highest BCUT2D eigenvalue weighted by atomic mass is 19.4. The zero-order valence-electron chi connectivity index (χ0n) is 9.93. The van der Waals surface area contributed by atoms with E-state index in [9.17, 15) is 18.0 Å². The average Bonchev–Trinajstić information content (AvgIpc) is 2.20. The van der Waals surface area contributed by atoms with Crippen LogP contribution >= 0.6 is 0 Å². The Hall–Kier alpha value is -0.980. The van der Waals surface area contributed by atoms with E-state index in [1.165, 1.54) is 0 Å². The number of nitrogens with one attached hydrogen (secondary N) is 1. The summed E-state index contributed by atoms with van der Waals surface area (Å²) < 4.78 is 39.2. The number of alkyl halides is 3. The first-order valence-electron chi connectivity index (χ1n) is 5.24. The predicted octanol–water partition coefficient (Wildman–Crippen LogP) is 2.07. The Morgan fingerprint density at radius 1 is 1.35 bits per heavy atom. The lowest BCUT2D eigenvalue weighted by Crippen LogP contribution is -2.36. The number of amides is 1. The summed E-state index contributed by atoms with van der Waals surface area (Å²) in [6.45, 7) is 2.33. The molecule has 0 saturated carbocycles. The maximum Gasteiger partial charge on any atom is 0.422 e. The molecule has 0 unspecified atom stereocenters. The van der Waals surface area contributed by atoms with E-state index >= 15 is 0 Å². The van der Waals surface area contributed by atoms with Crippen LogP contribution in [0.15, 0.2) is 0 Å². The van der Waals surface area contributed by atoms with Crippen molar-refractivity contribution in [3.63, 3.8) is 0 Å². The van der Waals surface area contributed by atoms with Crippen LogP contribution in [0.1, 0.15) is 26.7 Å². The minimum Gasteiger partial charge on any atom is -0.440 e. The SMILES string of the molecule is CC(C)(CCCO)CNC(=O)OCC(F)(F)F. The third-order valence-corrected chi connectivity index (χ3v) is 2.09. The van der Waals surface area contributed by atoms with E-state index in [1.54, 1.807) is 0 Å². The van der Waals surface area contributed by atoms with E-state index in [-0.39, 0.29) is 18.6 Å². The van der Waals surface area contributed by atoms with Crippen LogP contribution in [-0.2, 0) is 4.74 Å². The molecule has 4 nitrogen and oxygen atoms in total. The minimum atomic E-state index is -4.51. The molecule has 102 valence electrons. The van der Waals surface area contributed by atoms with Crippen LogP contribution in [0.25, 0.3) is 0 Å². The molecule has 2 N–H and O–H groups in total. The molecule has 0 aromatic heterocycles. The van der Waals surface area contributed by atoms with Gasteiger partial charge in [0.15, 0.2) is 6.61 Å². The quantitative estimate of drug-likeness (QED) is 0.765. The number of hydrogen-bond acceptors (Lipinski definition) is 3. The van der Waals surface area contributed by atoms with E-state index < -0.39 is 18.9 Å². The van der Waals surface area contributed by atoms with Gasteiger partial charge in [-0.1, -0.05) is 13.8 Å². The van der Waals surface area contributed by atoms with Crippen molar-refractivity contribution in [1.29, 1.82) is 0 Å². The fourth-order valence-electron chi connectivity index (χ4n) is 1.16. The summed E-state index contributed by atoms with van der Waals surface area (Å²) >= 11 is 0. The van der Waals surface area contributed by atoms with Gasteiger partial charge >= 0.3 is 12.3 Å². The van der Waals surface area contributed by atoms with Crippen molar-refractivity contribution in [2.24, 2.45) is 5.41 Å². The summed E-state index contributed by atoms with van der Waals surface area (Å²) in [4.78, 5) is 10.9. The molecular formula is C10H18F3NO3. The molecule has 0 aromatic carbocycles. The van der Waals surface area contributed by atoms with E-state index in [0.29, 0.717) is 12.8 Å². The molecule has 7 heteroatoms. The Morgan fingerprint density at radius 2 is 1.94 bits per heavy atom. The van der Waals surface area contributed by atoms with Crippen molar-refractivity contribution in [2.75, 3.05) is 19.8 Å². The number of hydrogen-bond donors (Lipinski definition) is 2. The molecule has 0 bridgehead atoms. The van der Waals surface area contributed by atoms with Crippen molar-refractivity contribution in [3.05, 3.63) is 0 Å². The molecule has 0 aliphatic carbocycles. The molecule has 0 radical (unpaired) electrons. The molecule has 0 rings (SSSR count). The van der Waals surface area contributed by atoms with Gasteiger partial charge in [0.25, 0.3) is 0 Å². The first kappa shape index (κ1) is 16.0. The van der Waals surface area contributed by atoms with E-state index in [2.05, 4.69) is 10.1 Å². The minimum absolute atomic E-state index is 0.0436. The second kappa shape index (κ2) is 6.68. The molecule has 17 heavy (non-hydrogen) atoms. The maximum atomic E-state index is 11.7. The zero-order chi connectivity index (χ0) is 13.5. The third-order valence-electron chi connectivity index (χ3n) is 2.09. The molecule has 0 atom stereocenters. The molecule has 0 aromatic rings. The van der Waals surface area contributed by atoms with Crippen LogP contribution in [0.4, 0.5) is 18.0 Å². The van der Waals surface area contributed by atoms with Crippen LogP contribution in [0, 0.1) is 5.41 Å². The lowest BCUT2D eigenvalue weighted by molar-refractivity contribution is -0.160. The van der Waals surface area contributed by atoms with Gasteiger partial charge in [-0.3, -0.25) is 0 Å². The Kier molecular flexibility index (Phi) is 6.30. The first-order valence-corrected chi connectivity index (χ1v) is 5.24. The highest BCUT2D eigenvalue weighted by Gasteiger charge is 2.29. The molecule has 0 heterocycles. The van der Waals surface area contributed by atoms with Crippen molar-refractivity contribution in [3.8, 4) is 0 Å². The van der Waals surface area contributed by atoms with Gasteiger partial charge in [0.2, 0.25) is 0 Å². The monoisotopic (exact) mass is 257 g/mol. The smallest absolute Gasteiger partial charge is 0.422 e. The average molecular weight is 257 g/mol. The molecule has 0 saturated heterocycles. The molecule has 0 spiro atoms. The normalized spacial score (nSPS) is 12.4. The molecule has 0 fully saturated rings. The summed E-state index contributed by atoms with van der Waals surface area (Å²) in [5.41, 5.74) is -0.292. The Bertz CT molecular complexity index is 241. The maximum absolute atomic E-state index is 11.7. The van der Waals surface area contributed by atoms with Crippen molar-refractivity contribution >= 4 is 6.09 Å². The summed E-state index contributed by atoms with van der Waals surface area (Å²) in [5, 5.41) is 10.9. The predicted molar refractivity (Wildman–Crippen MR) is 55.5 cm³/mol. The lowest BCUT2D eigenvalue weighted by Gasteiger charge is -2.24.